The van der Waals surface area contributed by atoms with Gasteiger partial charge in [-0.3, -0.25) is 0 Å². The van der Waals surface area contributed by atoms with Gasteiger partial charge >= 0.3 is 0 Å². The van der Waals surface area contributed by atoms with Gasteiger partial charge in [-0.15, -0.1) is 0 Å². The number of hydrogen-bond acceptors (Lipinski definition) is 2. The molecule has 1 aromatic rings. The van der Waals surface area contributed by atoms with Crippen LogP contribution in [-0.4, -0.2) is 18.6 Å². The van der Waals surface area contributed by atoms with Gasteiger partial charge in [0.15, 0.2) is 0 Å². The van der Waals surface area contributed by atoms with E-state index in [1.165, 1.54) is 18.9 Å². The highest BCUT2D eigenvalue weighted by Gasteiger charge is 2.43. The van der Waals surface area contributed by atoms with E-state index in [0.717, 1.165) is 18.7 Å². The van der Waals surface area contributed by atoms with Crippen LogP contribution in [0.15, 0.2) is 24.3 Å². The van der Waals surface area contributed by atoms with Crippen molar-refractivity contribution in [1.29, 1.82) is 0 Å². The zero-order chi connectivity index (χ0) is 13.2. The second-order valence-electron chi connectivity index (χ2n) is 5.33. The van der Waals surface area contributed by atoms with Crippen molar-refractivity contribution < 1.29 is 4.39 Å². The molecule has 0 spiro atoms. The Hall–Kier alpha value is -1.09. The summed E-state index contributed by atoms with van der Waals surface area (Å²) in [5, 5.41) is 0. The normalized spacial score (nSPS) is 27.4. The minimum atomic E-state index is -0.177. The molecule has 0 aliphatic heterocycles. The highest BCUT2D eigenvalue weighted by atomic mass is 19.1. The first-order valence-electron chi connectivity index (χ1n) is 6.87. The maximum atomic E-state index is 13.4. The topological polar surface area (TPSA) is 29.3 Å². The summed E-state index contributed by atoms with van der Waals surface area (Å²) in [5.74, 6) is 0.384. The summed E-state index contributed by atoms with van der Waals surface area (Å²) in [5.41, 5.74) is 7.03. The van der Waals surface area contributed by atoms with Crippen LogP contribution in [0.2, 0.25) is 0 Å². The lowest BCUT2D eigenvalue weighted by molar-refractivity contribution is 0.320. The molecular weight excluding hydrogens is 227 g/mol. The number of anilines is 1. The third-order valence-electron chi connectivity index (χ3n) is 4.49. The predicted octanol–water partition coefficient (Wildman–Crippen LogP) is 3.17. The van der Waals surface area contributed by atoms with E-state index in [9.17, 15) is 4.39 Å². The summed E-state index contributed by atoms with van der Waals surface area (Å²) < 4.78 is 13.4. The van der Waals surface area contributed by atoms with E-state index in [-0.39, 0.29) is 11.4 Å². The largest absolute Gasteiger partial charge is 0.365 e. The zero-order valence-corrected chi connectivity index (χ0v) is 11.3. The van der Waals surface area contributed by atoms with Gasteiger partial charge in [0.25, 0.3) is 0 Å². The fourth-order valence-corrected chi connectivity index (χ4v) is 3.44. The Kier molecular flexibility index (Phi) is 3.91. The van der Waals surface area contributed by atoms with Gasteiger partial charge < -0.3 is 10.6 Å². The maximum Gasteiger partial charge on any atom is 0.125 e. The third kappa shape index (κ3) is 2.12. The maximum absolute atomic E-state index is 13.4. The van der Waals surface area contributed by atoms with Crippen molar-refractivity contribution in [2.24, 2.45) is 11.7 Å². The summed E-state index contributed by atoms with van der Waals surface area (Å²) in [6.45, 7) is 5.89. The molecule has 2 unspecified atom stereocenters. The average molecular weight is 250 g/mol. The first-order valence-corrected chi connectivity index (χ1v) is 6.87. The highest BCUT2D eigenvalue weighted by Crippen LogP contribution is 2.41. The van der Waals surface area contributed by atoms with E-state index >= 15 is 0 Å². The summed E-state index contributed by atoms with van der Waals surface area (Å²) in [7, 11) is 0. The van der Waals surface area contributed by atoms with Crippen molar-refractivity contribution in [1.82, 2.24) is 0 Å². The van der Waals surface area contributed by atoms with Gasteiger partial charge in [-0.05, 0) is 43.9 Å². The number of rotatable bonds is 4. The molecule has 1 saturated carbocycles. The SMILES string of the molecule is CCN(c1cccc(F)c1)C1(CN)CCCC1C. The lowest BCUT2D eigenvalue weighted by Crippen LogP contribution is -2.56. The number of halogens is 1. The highest BCUT2D eigenvalue weighted by molar-refractivity contribution is 5.50. The minimum Gasteiger partial charge on any atom is -0.365 e. The summed E-state index contributed by atoms with van der Waals surface area (Å²) in [4.78, 5) is 2.30. The molecule has 0 saturated heterocycles. The van der Waals surface area contributed by atoms with Crippen molar-refractivity contribution in [3.05, 3.63) is 30.1 Å². The molecule has 1 fully saturated rings. The van der Waals surface area contributed by atoms with Crippen LogP contribution in [0, 0.1) is 11.7 Å². The van der Waals surface area contributed by atoms with Crippen LogP contribution in [0.4, 0.5) is 10.1 Å². The first kappa shape index (κ1) is 13.3. The molecular formula is C15H23FN2. The molecule has 0 heterocycles. The smallest absolute Gasteiger partial charge is 0.125 e. The molecule has 0 radical (unpaired) electrons. The van der Waals surface area contributed by atoms with Crippen molar-refractivity contribution in [3.8, 4) is 0 Å². The van der Waals surface area contributed by atoms with Gasteiger partial charge in [0.2, 0.25) is 0 Å². The number of nitrogens with two attached hydrogens (primary N) is 1. The fraction of sp³-hybridized carbons (Fsp3) is 0.600. The van der Waals surface area contributed by atoms with Gasteiger partial charge in [-0.1, -0.05) is 19.4 Å². The standard InChI is InChI=1S/C15H23FN2/c1-3-18(14-8-4-7-13(16)10-14)15(11-17)9-5-6-12(15)2/h4,7-8,10,12H,3,5-6,9,11,17H2,1-2H3. The van der Waals surface area contributed by atoms with Crippen LogP contribution >= 0.6 is 0 Å². The van der Waals surface area contributed by atoms with Crippen LogP contribution < -0.4 is 10.6 Å². The molecule has 0 amide bonds. The lowest BCUT2D eigenvalue weighted by atomic mass is 9.85. The molecule has 18 heavy (non-hydrogen) atoms. The van der Waals surface area contributed by atoms with Gasteiger partial charge in [-0.25, -0.2) is 4.39 Å². The average Bonchev–Trinajstić information content (AvgIpc) is 2.73. The van der Waals surface area contributed by atoms with Gasteiger partial charge in [-0.2, -0.15) is 0 Å². The number of likely N-dealkylation sites (N-methyl/N-ethyl adjacent to an activating group) is 1. The van der Waals surface area contributed by atoms with E-state index in [1.54, 1.807) is 12.1 Å². The fourth-order valence-electron chi connectivity index (χ4n) is 3.44. The molecule has 0 aromatic heterocycles. The van der Waals surface area contributed by atoms with Crippen molar-refractivity contribution in [2.45, 2.75) is 38.6 Å². The Morgan fingerprint density at radius 2 is 2.28 bits per heavy atom. The lowest BCUT2D eigenvalue weighted by Gasteiger charge is -2.45. The molecule has 2 atom stereocenters. The molecule has 2 nitrogen and oxygen atoms in total. The first-order chi connectivity index (χ1) is 8.64. The zero-order valence-electron chi connectivity index (χ0n) is 11.3. The van der Waals surface area contributed by atoms with Crippen LogP contribution in [-0.2, 0) is 0 Å². The monoisotopic (exact) mass is 250 g/mol. The van der Waals surface area contributed by atoms with E-state index in [2.05, 4.69) is 18.7 Å². The van der Waals surface area contributed by atoms with Crippen molar-refractivity contribution >= 4 is 5.69 Å². The molecule has 3 heteroatoms. The molecule has 1 aliphatic carbocycles. The van der Waals surface area contributed by atoms with Crippen LogP contribution in [0.25, 0.3) is 0 Å². The quantitative estimate of drug-likeness (QED) is 0.889. The molecule has 1 aliphatic rings. The number of nitrogens with zero attached hydrogens (tertiary/aromatic N) is 1. The minimum absolute atomic E-state index is 0.00252. The number of hydrogen-bond donors (Lipinski definition) is 1. The van der Waals surface area contributed by atoms with Crippen molar-refractivity contribution in [3.63, 3.8) is 0 Å². The van der Waals surface area contributed by atoms with Gasteiger partial charge in [0.05, 0.1) is 5.54 Å². The molecule has 1 aromatic carbocycles. The Morgan fingerprint density at radius 1 is 1.50 bits per heavy atom. The molecule has 2 N–H and O–H groups in total. The van der Waals surface area contributed by atoms with Gasteiger partial charge in [0.1, 0.15) is 5.82 Å². The van der Waals surface area contributed by atoms with E-state index in [0.29, 0.717) is 12.5 Å². The molecule has 0 bridgehead atoms. The second kappa shape index (κ2) is 5.27. The number of benzene rings is 1. The third-order valence-corrected chi connectivity index (χ3v) is 4.49. The Morgan fingerprint density at radius 3 is 2.78 bits per heavy atom. The van der Waals surface area contributed by atoms with Crippen molar-refractivity contribution in [2.75, 3.05) is 18.0 Å². The summed E-state index contributed by atoms with van der Waals surface area (Å²) >= 11 is 0. The van der Waals surface area contributed by atoms with E-state index in [1.807, 2.05) is 6.07 Å². The van der Waals surface area contributed by atoms with E-state index in [4.69, 9.17) is 5.73 Å². The van der Waals surface area contributed by atoms with Crippen LogP contribution in [0.3, 0.4) is 0 Å². The Balaban J connectivity index is 2.38. The van der Waals surface area contributed by atoms with E-state index < -0.39 is 0 Å². The summed E-state index contributed by atoms with van der Waals surface area (Å²) in [6, 6.07) is 6.86. The van der Waals surface area contributed by atoms with Crippen LogP contribution in [0.5, 0.6) is 0 Å². The molecule has 100 valence electrons. The molecule has 2 rings (SSSR count). The second-order valence-corrected chi connectivity index (χ2v) is 5.33. The van der Waals surface area contributed by atoms with Crippen LogP contribution in [0.1, 0.15) is 33.1 Å². The predicted molar refractivity (Wildman–Crippen MR) is 74.2 cm³/mol. The Labute approximate surface area is 109 Å². The Bertz CT molecular complexity index is 407. The van der Waals surface area contributed by atoms with Gasteiger partial charge in [0, 0.05) is 18.8 Å². The summed E-state index contributed by atoms with van der Waals surface area (Å²) in [6.07, 6.45) is 3.53.